The van der Waals surface area contributed by atoms with Gasteiger partial charge in [0.1, 0.15) is 11.6 Å². The summed E-state index contributed by atoms with van der Waals surface area (Å²) in [6, 6.07) is 9.83. The molecule has 9 heteroatoms. The number of anilines is 1. The lowest BCUT2D eigenvalue weighted by molar-refractivity contribution is 0.0161. The highest BCUT2D eigenvalue weighted by Crippen LogP contribution is 2.24. The molecule has 2 fully saturated rings. The number of carbonyl (C=O) groups is 1. The van der Waals surface area contributed by atoms with Gasteiger partial charge in [-0.25, -0.2) is 15.0 Å². The zero-order valence-electron chi connectivity index (χ0n) is 21.2. The molecule has 0 spiro atoms. The van der Waals surface area contributed by atoms with Crippen LogP contribution in [0.4, 0.5) is 5.82 Å². The third-order valence-corrected chi connectivity index (χ3v) is 7.23. The molecule has 4 heterocycles. The predicted molar refractivity (Wildman–Crippen MR) is 140 cm³/mol. The van der Waals surface area contributed by atoms with Gasteiger partial charge in [0, 0.05) is 74.7 Å². The Bertz CT molecular complexity index is 1170. The molecule has 5 rings (SSSR count). The van der Waals surface area contributed by atoms with E-state index < -0.39 is 0 Å². The zero-order chi connectivity index (χ0) is 24.9. The van der Waals surface area contributed by atoms with Crippen LogP contribution in [0.3, 0.4) is 0 Å². The quantitative estimate of drug-likeness (QED) is 0.541. The maximum atomic E-state index is 13.4. The molecule has 2 saturated heterocycles. The summed E-state index contributed by atoms with van der Waals surface area (Å²) in [5.74, 6) is 1.61. The number of morpholine rings is 1. The van der Waals surface area contributed by atoms with Crippen molar-refractivity contribution in [2.24, 2.45) is 0 Å². The standard InChI is InChI=1S/C27H35N7O2/c1-3-32-9-11-34(12-10-32)26-8-7-22-23(5-4-6-24(22)31-26)27(35)30-19-25(33-13-15-36-16-14-33)21-17-28-20(2)29-18-21/h4-8,17-18,25H,3,9-16,19H2,1-2H3,(H,30,35). The Morgan fingerprint density at radius 3 is 2.50 bits per heavy atom. The molecular formula is C27H35N7O2. The van der Waals surface area contributed by atoms with Crippen LogP contribution in [0.1, 0.15) is 34.7 Å². The fraction of sp³-hybridized carbons (Fsp3) is 0.481. The van der Waals surface area contributed by atoms with Gasteiger partial charge in [-0.05, 0) is 37.7 Å². The molecule has 1 atom stereocenters. The number of aromatic nitrogens is 3. The Morgan fingerprint density at radius 2 is 1.78 bits per heavy atom. The van der Waals surface area contributed by atoms with Crippen LogP contribution < -0.4 is 10.2 Å². The number of hydrogen-bond acceptors (Lipinski definition) is 8. The highest BCUT2D eigenvalue weighted by Gasteiger charge is 2.25. The summed E-state index contributed by atoms with van der Waals surface area (Å²) in [5.41, 5.74) is 2.48. The first-order valence-electron chi connectivity index (χ1n) is 12.9. The number of amides is 1. The van der Waals surface area contributed by atoms with Crippen LogP contribution in [0.5, 0.6) is 0 Å². The first-order chi connectivity index (χ1) is 17.6. The number of piperazine rings is 1. The summed E-state index contributed by atoms with van der Waals surface area (Å²) in [4.78, 5) is 34.1. The lowest BCUT2D eigenvalue weighted by Gasteiger charge is -2.35. The fourth-order valence-corrected chi connectivity index (χ4v) is 5.02. The molecule has 2 aliphatic heterocycles. The number of nitrogens with zero attached hydrogens (tertiary/aromatic N) is 6. The van der Waals surface area contributed by atoms with Crippen molar-refractivity contribution in [3.63, 3.8) is 0 Å². The van der Waals surface area contributed by atoms with E-state index in [-0.39, 0.29) is 11.9 Å². The van der Waals surface area contributed by atoms with Crippen molar-refractivity contribution in [3.8, 4) is 0 Å². The number of fused-ring (bicyclic) bond motifs is 1. The van der Waals surface area contributed by atoms with E-state index >= 15 is 0 Å². The highest BCUT2D eigenvalue weighted by atomic mass is 16.5. The molecule has 0 saturated carbocycles. The van der Waals surface area contributed by atoms with Crippen molar-refractivity contribution in [1.82, 2.24) is 30.1 Å². The molecule has 0 bridgehead atoms. The van der Waals surface area contributed by atoms with Gasteiger partial charge in [-0.15, -0.1) is 0 Å². The normalized spacial score (nSPS) is 18.3. The first kappa shape index (κ1) is 24.5. The van der Waals surface area contributed by atoms with Gasteiger partial charge in [-0.1, -0.05) is 13.0 Å². The lowest BCUT2D eigenvalue weighted by atomic mass is 10.1. The number of pyridine rings is 1. The van der Waals surface area contributed by atoms with Crippen LogP contribution in [-0.2, 0) is 4.74 Å². The van der Waals surface area contributed by atoms with Crippen LogP contribution in [0.15, 0.2) is 42.7 Å². The van der Waals surface area contributed by atoms with Crippen LogP contribution in [0.25, 0.3) is 10.9 Å². The summed E-state index contributed by atoms with van der Waals surface area (Å²) < 4.78 is 5.54. The zero-order valence-corrected chi connectivity index (χ0v) is 21.2. The van der Waals surface area contributed by atoms with Gasteiger partial charge in [-0.2, -0.15) is 0 Å². The second-order valence-corrected chi connectivity index (χ2v) is 9.40. The van der Waals surface area contributed by atoms with E-state index in [4.69, 9.17) is 9.72 Å². The van der Waals surface area contributed by atoms with Crippen molar-refractivity contribution < 1.29 is 9.53 Å². The third kappa shape index (κ3) is 5.48. The third-order valence-electron chi connectivity index (χ3n) is 7.23. The molecule has 3 aromatic rings. The first-order valence-corrected chi connectivity index (χ1v) is 12.9. The van der Waals surface area contributed by atoms with E-state index in [2.05, 4.69) is 36.9 Å². The number of hydrogen-bond donors (Lipinski definition) is 1. The minimum Gasteiger partial charge on any atom is -0.379 e. The summed E-state index contributed by atoms with van der Waals surface area (Å²) in [7, 11) is 0. The van der Waals surface area contributed by atoms with Gasteiger partial charge in [0.05, 0.1) is 24.8 Å². The molecule has 1 aromatic carbocycles. The fourth-order valence-electron chi connectivity index (χ4n) is 5.02. The maximum absolute atomic E-state index is 13.4. The van der Waals surface area contributed by atoms with Crippen molar-refractivity contribution in [1.29, 1.82) is 0 Å². The summed E-state index contributed by atoms with van der Waals surface area (Å²) in [6.45, 7) is 12.7. The molecule has 0 aliphatic carbocycles. The molecule has 9 nitrogen and oxygen atoms in total. The monoisotopic (exact) mass is 489 g/mol. The van der Waals surface area contributed by atoms with E-state index in [0.717, 1.165) is 73.9 Å². The highest BCUT2D eigenvalue weighted by molar-refractivity contribution is 6.06. The maximum Gasteiger partial charge on any atom is 0.252 e. The predicted octanol–water partition coefficient (Wildman–Crippen LogP) is 2.28. The Balaban J connectivity index is 1.32. The van der Waals surface area contributed by atoms with Crippen molar-refractivity contribution >= 4 is 22.6 Å². The molecule has 0 radical (unpaired) electrons. The van der Waals surface area contributed by atoms with Gasteiger partial charge in [0.2, 0.25) is 0 Å². The van der Waals surface area contributed by atoms with Crippen molar-refractivity contribution in [2.45, 2.75) is 19.9 Å². The van der Waals surface area contributed by atoms with E-state index in [1.807, 2.05) is 49.6 Å². The van der Waals surface area contributed by atoms with E-state index in [0.29, 0.717) is 25.3 Å². The minimum absolute atomic E-state index is 0.0139. The topological polar surface area (TPSA) is 86.7 Å². The Kier molecular flexibility index (Phi) is 7.69. The van der Waals surface area contributed by atoms with Crippen LogP contribution in [0.2, 0.25) is 0 Å². The largest absolute Gasteiger partial charge is 0.379 e. The molecule has 1 unspecified atom stereocenters. The second kappa shape index (κ2) is 11.3. The smallest absolute Gasteiger partial charge is 0.252 e. The number of nitrogens with one attached hydrogen (secondary N) is 1. The van der Waals surface area contributed by atoms with E-state index in [1.54, 1.807) is 0 Å². The average molecular weight is 490 g/mol. The van der Waals surface area contributed by atoms with Crippen LogP contribution >= 0.6 is 0 Å². The molecule has 2 aromatic heterocycles. The van der Waals surface area contributed by atoms with Crippen molar-refractivity contribution in [2.75, 3.05) is 70.5 Å². The SMILES string of the molecule is CCN1CCN(c2ccc3c(C(=O)NCC(c4cnc(C)nc4)N4CCOCC4)cccc3n2)CC1. The number of ether oxygens (including phenoxy) is 1. The average Bonchev–Trinajstić information content (AvgIpc) is 2.94. The number of carbonyl (C=O) groups excluding carboxylic acids is 1. The van der Waals surface area contributed by atoms with Crippen LogP contribution in [0, 0.1) is 6.92 Å². The lowest BCUT2D eigenvalue weighted by Crippen LogP contribution is -2.46. The minimum atomic E-state index is -0.0991. The van der Waals surface area contributed by atoms with E-state index in [9.17, 15) is 4.79 Å². The van der Waals surface area contributed by atoms with Gasteiger partial charge in [-0.3, -0.25) is 9.69 Å². The Hall–Kier alpha value is -3.14. The Morgan fingerprint density at radius 1 is 1.03 bits per heavy atom. The molecule has 36 heavy (non-hydrogen) atoms. The summed E-state index contributed by atoms with van der Waals surface area (Å²) in [5, 5.41) is 4.04. The van der Waals surface area contributed by atoms with Gasteiger partial charge < -0.3 is 19.9 Å². The number of likely N-dealkylation sites (N-methyl/N-ethyl adjacent to an activating group) is 1. The molecule has 2 aliphatic rings. The van der Waals surface area contributed by atoms with Gasteiger partial charge in [0.15, 0.2) is 0 Å². The summed E-state index contributed by atoms with van der Waals surface area (Å²) in [6.07, 6.45) is 3.72. The van der Waals surface area contributed by atoms with Gasteiger partial charge in [0.25, 0.3) is 5.91 Å². The van der Waals surface area contributed by atoms with Crippen molar-refractivity contribution in [3.05, 3.63) is 59.7 Å². The molecule has 1 amide bonds. The molecular weight excluding hydrogens is 454 g/mol. The number of benzene rings is 1. The van der Waals surface area contributed by atoms with E-state index in [1.165, 1.54) is 0 Å². The van der Waals surface area contributed by atoms with Crippen LogP contribution in [-0.4, -0.2) is 96.2 Å². The number of aryl methyl sites for hydroxylation is 1. The molecule has 1 N–H and O–H groups in total. The molecule has 190 valence electrons. The second-order valence-electron chi connectivity index (χ2n) is 9.40. The Labute approximate surface area is 212 Å². The van der Waals surface area contributed by atoms with Gasteiger partial charge >= 0.3 is 0 Å². The summed E-state index contributed by atoms with van der Waals surface area (Å²) >= 11 is 0. The number of rotatable bonds is 7.